The van der Waals surface area contributed by atoms with Crippen LogP contribution in [-0.2, 0) is 4.79 Å². The molecule has 1 aromatic carbocycles. The molecule has 1 aromatic rings. The van der Waals surface area contributed by atoms with Crippen molar-refractivity contribution >= 4 is 11.6 Å². The van der Waals surface area contributed by atoms with Gasteiger partial charge in [-0.25, -0.2) is 8.78 Å². The second kappa shape index (κ2) is 5.44. The van der Waals surface area contributed by atoms with Gasteiger partial charge in [0.15, 0.2) is 0 Å². The number of piperidine rings is 1. The van der Waals surface area contributed by atoms with Gasteiger partial charge >= 0.3 is 0 Å². The Bertz CT molecular complexity index is 451. The van der Waals surface area contributed by atoms with Crippen LogP contribution in [-0.4, -0.2) is 19.0 Å². The van der Waals surface area contributed by atoms with Gasteiger partial charge < -0.3 is 10.6 Å². The van der Waals surface area contributed by atoms with Crippen molar-refractivity contribution in [3.8, 4) is 0 Å². The van der Waals surface area contributed by atoms with Crippen LogP contribution < -0.4 is 10.6 Å². The number of halogens is 2. The van der Waals surface area contributed by atoms with Gasteiger partial charge in [-0.3, -0.25) is 4.79 Å². The highest BCUT2D eigenvalue weighted by atomic mass is 19.1. The number of amides is 1. The molecule has 2 unspecified atom stereocenters. The molecule has 2 atom stereocenters. The molecule has 1 heterocycles. The SMILES string of the molecule is CC1CNCC(C(=O)Nc2cc(F)ccc2F)C1. The Morgan fingerprint density at radius 2 is 2.17 bits per heavy atom. The zero-order valence-corrected chi connectivity index (χ0v) is 10.2. The third-order valence-corrected chi connectivity index (χ3v) is 3.13. The Hall–Kier alpha value is -1.49. The molecular formula is C13H16F2N2O. The molecule has 1 saturated heterocycles. The van der Waals surface area contributed by atoms with Crippen molar-refractivity contribution in [1.29, 1.82) is 0 Å². The average Bonchev–Trinajstić information content (AvgIpc) is 2.34. The van der Waals surface area contributed by atoms with Crippen molar-refractivity contribution in [3.63, 3.8) is 0 Å². The largest absolute Gasteiger partial charge is 0.323 e. The van der Waals surface area contributed by atoms with Crippen molar-refractivity contribution in [2.75, 3.05) is 18.4 Å². The maximum absolute atomic E-state index is 13.4. The molecule has 1 aliphatic rings. The lowest BCUT2D eigenvalue weighted by Crippen LogP contribution is -2.41. The van der Waals surface area contributed by atoms with Gasteiger partial charge in [-0.05, 0) is 31.0 Å². The highest BCUT2D eigenvalue weighted by Crippen LogP contribution is 2.20. The first-order chi connectivity index (χ1) is 8.56. The van der Waals surface area contributed by atoms with Crippen LogP contribution in [0.3, 0.4) is 0 Å². The number of rotatable bonds is 2. The summed E-state index contributed by atoms with van der Waals surface area (Å²) in [6.45, 7) is 3.51. The van der Waals surface area contributed by atoms with Crippen LogP contribution in [0, 0.1) is 23.5 Å². The van der Waals surface area contributed by atoms with Crippen molar-refractivity contribution in [2.45, 2.75) is 13.3 Å². The average molecular weight is 254 g/mol. The highest BCUT2D eigenvalue weighted by molar-refractivity contribution is 5.92. The summed E-state index contributed by atoms with van der Waals surface area (Å²) in [5.41, 5.74) is -0.0989. The molecule has 0 aliphatic carbocycles. The first-order valence-electron chi connectivity index (χ1n) is 6.03. The van der Waals surface area contributed by atoms with Crippen molar-refractivity contribution in [2.24, 2.45) is 11.8 Å². The number of hydrogen-bond donors (Lipinski definition) is 2. The molecule has 18 heavy (non-hydrogen) atoms. The van der Waals surface area contributed by atoms with E-state index in [1.54, 1.807) is 0 Å². The number of hydrogen-bond acceptors (Lipinski definition) is 2. The second-order valence-electron chi connectivity index (χ2n) is 4.81. The van der Waals surface area contributed by atoms with Crippen molar-refractivity contribution in [3.05, 3.63) is 29.8 Å². The smallest absolute Gasteiger partial charge is 0.228 e. The maximum Gasteiger partial charge on any atom is 0.228 e. The van der Waals surface area contributed by atoms with E-state index in [0.717, 1.165) is 31.2 Å². The maximum atomic E-state index is 13.4. The van der Waals surface area contributed by atoms with E-state index in [-0.39, 0.29) is 17.5 Å². The van der Waals surface area contributed by atoms with Crippen LogP contribution in [0.2, 0.25) is 0 Å². The molecule has 0 saturated carbocycles. The molecule has 0 spiro atoms. The summed E-state index contributed by atoms with van der Waals surface area (Å²) in [6.07, 6.45) is 0.760. The fraction of sp³-hybridized carbons (Fsp3) is 0.462. The molecule has 0 aromatic heterocycles. The highest BCUT2D eigenvalue weighted by Gasteiger charge is 2.25. The van der Waals surface area contributed by atoms with Crippen LogP contribution in [0.25, 0.3) is 0 Å². The van der Waals surface area contributed by atoms with Gasteiger partial charge in [-0.2, -0.15) is 0 Å². The van der Waals surface area contributed by atoms with Crippen LogP contribution in [0.15, 0.2) is 18.2 Å². The van der Waals surface area contributed by atoms with Gasteiger partial charge in [0, 0.05) is 12.6 Å². The minimum atomic E-state index is -0.624. The third kappa shape index (κ3) is 3.04. The van der Waals surface area contributed by atoms with E-state index in [1.807, 2.05) is 0 Å². The number of benzene rings is 1. The van der Waals surface area contributed by atoms with E-state index in [1.165, 1.54) is 0 Å². The molecule has 1 aliphatic heterocycles. The molecule has 1 fully saturated rings. The Kier molecular flexibility index (Phi) is 3.91. The number of anilines is 1. The topological polar surface area (TPSA) is 41.1 Å². The molecule has 0 radical (unpaired) electrons. The number of carbonyl (C=O) groups is 1. The molecular weight excluding hydrogens is 238 g/mol. The lowest BCUT2D eigenvalue weighted by atomic mass is 9.91. The van der Waals surface area contributed by atoms with E-state index >= 15 is 0 Å². The fourth-order valence-electron chi connectivity index (χ4n) is 2.18. The zero-order valence-electron chi connectivity index (χ0n) is 10.2. The van der Waals surface area contributed by atoms with Gasteiger partial charge in [-0.15, -0.1) is 0 Å². The monoisotopic (exact) mass is 254 g/mol. The Balaban J connectivity index is 2.04. The predicted molar refractivity (Wildman–Crippen MR) is 65.1 cm³/mol. The minimum Gasteiger partial charge on any atom is -0.323 e. The molecule has 0 bridgehead atoms. The van der Waals surface area contributed by atoms with Crippen LogP contribution in [0.5, 0.6) is 0 Å². The summed E-state index contributed by atoms with van der Waals surface area (Å²) >= 11 is 0. The fourth-order valence-corrected chi connectivity index (χ4v) is 2.18. The van der Waals surface area contributed by atoms with E-state index in [4.69, 9.17) is 0 Å². The third-order valence-electron chi connectivity index (χ3n) is 3.13. The van der Waals surface area contributed by atoms with Gasteiger partial charge in [0.25, 0.3) is 0 Å². The van der Waals surface area contributed by atoms with E-state index in [2.05, 4.69) is 17.6 Å². The van der Waals surface area contributed by atoms with E-state index in [0.29, 0.717) is 12.5 Å². The summed E-state index contributed by atoms with van der Waals surface area (Å²) in [7, 11) is 0. The predicted octanol–water partition coefficient (Wildman–Crippen LogP) is 2.15. The van der Waals surface area contributed by atoms with Gasteiger partial charge in [-0.1, -0.05) is 6.92 Å². The lowest BCUT2D eigenvalue weighted by Gasteiger charge is -2.26. The summed E-state index contributed by atoms with van der Waals surface area (Å²) < 4.78 is 26.3. The normalized spacial score (nSPS) is 23.7. The Morgan fingerprint density at radius 3 is 2.89 bits per heavy atom. The summed E-state index contributed by atoms with van der Waals surface area (Å²) in [6, 6.07) is 3.02. The second-order valence-corrected chi connectivity index (χ2v) is 4.81. The van der Waals surface area contributed by atoms with Crippen LogP contribution in [0.1, 0.15) is 13.3 Å². The Morgan fingerprint density at radius 1 is 1.39 bits per heavy atom. The van der Waals surface area contributed by atoms with E-state index < -0.39 is 11.6 Å². The van der Waals surface area contributed by atoms with Gasteiger partial charge in [0.05, 0.1) is 11.6 Å². The minimum absolute atomic E-state index is 0.0989. The molecule has 3 nitrogen and oxygen atoms in total. The van der Waals surface area contributed by atoms with Crippen LogP contribution >= 0.6 is 0 Å². The quantitative estimate of drug-likeness (QED) is 0.849. The molecule has 2 rings (SSSR count). The molecule has 1 amide bonds. The number of nitrogens with one attached hydrogen (secondary N) is 2. The molecule has 2 N–H and O–H groups in total. The first-order valence-corrected chi connectivity index (χ1v) is 6.03. The number of carbonyl (C=O) groups excluding carboxylic acids is 1. The molecule has 5 heteroatoms. The van der Waals surface area contributed by atoms with Gasteiger partial charge in [0.2, 0.25) is 5.91 Å². The Labute approximate surface area is 105 Å². The summed E-state index contributed by atoms with van der Waals surface area (Å²) in [5.74, 6) is -1.25. The lowest BCUT2D eigenvalue weighted by molar-refractivity contribution is -0.120. The summed E-state index contributed by atoms with van der Waals surface area (Å²) in [5, 5.41) is 5.60. The van der Waals surface area contributed by atoms with E-state index in [9.17, 15) is 13.6 Å². The zero-order chi connectivity index (χ0) is 13.1. The first kappa shape index (κ1) is 13.0. The standard InChI is InChI=1S/C13H16F2N2O/c1-8-4-9(7-16-6-8)13(18)17-12-5-10(14)2-3-11(12)15/h2-3,5,8-9,16H,4,6-7H2,1H3,(H,17,18). The van der Waals surface area contributed by atoms with Crippen molar-refractivity contribution in [1.82, 2.24) is 5.32 Å². The summed E-state index contributed by atoms with van der Waals surface area (Å²) in [4.78, 5) is 11.9. The van der Waals surface area contributed by atoms with Gasteiger partial charge in [0.1, 0.15) is 11.6 Å². The molecule has 98 valence electrons. The van der Waals surface area contributed by atoms with Crippen molar-refractivity contribution < 1.29 is 13.6 Å². The van der Waals surface area contributed by atoms with Crippen LogP contribution in [0.4, 0.5) is 14.5 Å².